The molecule has 2 amide bonds. The van der Waals surface area contributed by atoms with Crippen molar-refractivity contribution in [2.75, 3.05) is 17.2 Å². The van der Waals surface area contributed by atoms with Gasteiger partial charge in [-0.3, -0.25) is 19.1 Å². The van der Waals surface area contributed by atoms with Crippen LogP contribution in [0.1, 0.15) is 21.6 Å². The maximum absolute atomic E-state index is 13.1. The molecule has 3 aromatic carbocycles. The van der Waals surface area contributed by atoms with Gasteiger partial charge in [-0.2, -0.15) is 0 Å². The molecule has 8 heteroatoms. The normalized spacial score (nSPS) is 12.2. The summed E-state index contributed by atoms with van der Waals surface area (Å²) in [5.41, 5.74) is 3.26. The molecule has 0 saturated heterocycles. The van der Waals surface area contributed by atoms with Crippen LogP contribution in [0.25, 0.3) is 11.8 Å². The van der Waals surface area contributed by atoms with Gasteiger partial charge < -0.3 is 15.4 Å². The molecule has 0 unspecified atom stereocenters. The number of carbonyl (C=O) groups excluding carboxylic acids is 2. The number of aromatic nitrogens is 2. The second kappa shape index (κ2) is 9.42. The molecule has 2 heterocycles. The van der Waals surface area contributed by atoms with Crippen LogP contribution in [0.15, 0.2) is 89.2 Å². The first kappa shape index (κ1) is 22.9. The highest BCUT2D eigenvalue weighted by atomic mass is 16.5. The van der Waals surface area contributed by atoms with Crippen molar-refractivity contribution in [3.63, 3.8) is 0 Å². The number of hydrogen-bond donors (Lipinski definition) is 2. The number of nitrogens with zero attached hydrogens (tertiary/aromatic N) is 2. The fraction of sp³-hybridized carbons (Fsp3) is 0.107. The highest BCUT2D eigenvalue weighted by Gasteiger charge is 2.20. The zero-order chi connectivity index (χ0) is 25.2. The number of hydrogen-bond acceptors (Lipinski definition) is 4. The van der Waals surface area contributed by atoms with Crippen molar-refractivity contribution in [3.05, 3.63) is 112 Å². The van der Waals surface area contributed by atoms with E-state index in [9.17, 15) is 14.4 Å². The van der Waals surface area contributed by atoms with Crippen LogP contribution in [-0.2, 0) is 11.8 Å². The summed E-state index contributed by atoms with van der Waals surface area (Å²) < 4.78 is 8.86. The van der Waals surface area contributed by atoms with Gasteiger partial charge in [-0.1, -0.05) is 42.5 Å². The van der Waals surface area contributed by atoms with Gasteiger partial charge in [0.15, 0.2) is 0 Å². The molecule has 0 aliphatic carbocycles. The van der Waals surface area contributed by atoms with Gasteiger partial charge in [-0.05, 0) is 49.4 Å². The Balaban J connectivity index is 1.35. The van der Waals surface area contributed by atoms with E-state index in [0.717, 1.165) is 11.3 Å². The molecule has 0 fully saturated rings. The van der Waals surface area contributed by atoms with Crippen molar-refractivity contribution in [1.82, 2.24) is 9.36 Å². The number of ether oxygens (including phenoxy) is 1. The van der Waals surface area contributed by atoms with Gasteiger partial charge in [0.25, 0.3) is 17.4 Å². The molecule has 2 N–H and O–H groups in total. The minimum atomic E-state index is -0.453. The van der Waals surface area contributed by atoms with Gasteiger partial charge >= 0.3 is 0 Å². The number of para-hydroxylation sites is 2. The van der Waals surface area contributed by atoms with E-state index < -0.39 is 5.91 Å². The van der Waals surface area contributed by atoms with Crippen LogP contribution in [0.5, 0.6) is 5.75 Å². The predicted molar refractivity (Wildman–Crippen MR) is 139 cm³/mol. The summed E-state index contributed by atoms with van der Waals surface area (Å²) in [6, 6.07) is 23.3. The number of anilines is 2. The fourth-order valence-corrected chi connectivity index (χ4v) is 4.09. The number of fused-ring (bicyclic) bond motifs is 1. The third kappa shape index (κ3) is 4.32. The van der Waals surface area contributed by atoms with Crippen molar-refractivity contribution < 1.29 is 14.3 Å². The lowest BCUT2D eigenvalue weighted by Crippen LogP contribution is -2.23. The molecule has 0 bridgehead atoms. The van der Waals surface area contributed by atoms with E-state index in [-0.39, 0.29) is 23.8 Å². The Kier molecular flexibility index (Phi) is 6.00. The maximum Gasteiger partial charge on any atom is 0.295 e. The number of carbonyl (C=O) groups is 2. The van der Waals surface area contributed by atoms with E-state index in [0.29, 0.717) is 28.2 Å². The molecular weight excluding hydrogens is 456 g/mol. The van der Waals surface area contributed by atoms with Crippen LogP contribution in [0, 0.1) is 6.92 Å². The number of amides is 2. The summed E-state index contributed by atoms with van der Waals surface area (Å²) in [6.45, 7) is 1.93. The third-order valence-corrected chi connectivity index (χ3v) is 6.10. The lowest BCUT2D eigenvalue weighted by atomic mass is 10.1. The molecule has 0 spiro atoms. The lowest BCUT2D eigenvalue weighted by molar-refractivity contribution is -0.113. The van der Waals surface area contributed by atoms with Crippen LogP contribution in [0.3, 0.4) is 0 Å². The minimum absolute atomic E-state index is 0.157. The molecule has 180 valence electrons. The van der Waals surface area contributed by atoms with Gasteiger partial charge in [-0.15, -0.1) is 0 Å². The number of rotatable bonds is 5. The zero-order valence-electron chi connectivity index (χ0n) is 19.8. The van der Waals surface area contributed by atoms with E-state index in [4.69, 9.17) is 4.74 Å². The van der Waals surface area contributed by atoms with Crippen LogP contribution < -0.4 is 20.9 Å². The Labute approximate surface area is 207 Å². The monoisotopic (exact) mass is 480 g/mol. The third-order valence-electron chi connectivity index (χ3n) is 6.10. The molecule has 0 saturated carbocycles. The predicted octanol–water partition coefficient (Wildman–Crippen LogP) is 4.15. The van der Waals surface area contributed by atoms with E-state index in [1.807, 2.05) is 54.6 Å². The highest BCUT2D eigenvalue weighted by Crippen LogP contribution is 2.26. The Morgan fingerprint density at radius 3 is 2.44 bits per heavy atom. The van der Waals surface area contributed by atoms with Crippen molar-refractivity contribution in [1.29, 1.82) is 0 Å². The Hall–Kier alpha value is -4.85. The first-order chi connectivity index (χ1) is 17.4. The molecule has 1 aromatic heterocycles. The van der Waals surface area contributed by atoms with Crippen molar-refractivity contribution in [2.24, 2.45) is 7.05 Å². The van der Waals surface area contributed by atoms with E-state index in [1.165, 1.54) is 4.68 Å². The topological polar surface area (TPSA) is 94.4 Å². The van der Waals surface area contributed by atoms with Gasteiger partial charge in [0, 0.05) is 23.9 Å². The first-order valence-corrected chi connectivity index (χ1v) is 11.4. The standard InChI is InChI=1S/C28H24N4O4/c1-18-25(28(35)32(31(18)2)23-12-4-3-5-13-23)30-26(33)20-10-8-11-22(16-20)29-27(34)21-15-19-9-6-7-14-24(19)36-17-21/h3-16H,17H2,1-2H3,(H,29,34)(H,30,33). The molecule has 0 atom stereocenters. The average Bonchev–Trinajstić information content (AvgIpc) is 3.11. The lowest BCUT2D eigenvalue weighted by Gasteiger charge is -2.17. The van der Waals surface area contributed by atoms with Crippen LogP contribution in [-0.4, -0.2) is 27.8 Å². The van der Waals surface area contributed by atoms with Gasteiger partial charge in [0.1, 0.15) is 18.0 Å². The van der Waals surface area contributed by atoms with Gasteiger partial charge in [-0.25, -0.2) is 4.68 Å². The Bertz CT molecular complexity index is 1560. The van der Waals surface area contributed by atoms with Crippen LogP contribution >= 0.6 is 0 Å². The Morgan fingerprint density at radius 2 is 1.64 bits per heavy atom. The summed E-state index contributed by atoms with van der Waals surface area (Å²) in [4.78, 5) is 39.0. The average molecular weight is 481 g/mol. The zero-order valence-corrected chi connectivity index (χ0v) is 19.8. The molecule has 1 aliphatic heterocycles. The molecule has 36 heavy (non-hydrogen) atoms. The summed E-state index contributed by atoms with van der Waals surface area (Å²) in [6.07, 6.45) is 1.79. The number of benzene rings is 3. The molecule has 1 aliphatic rings. The highest BCUT2D eigenvalue weighted by molar-refractivity contribution is 6.09. The smallest absolute Gasteiger partial charge is 0.295 e. The SMILES string of the molecule is Cc1c(NC(=O)c2cccc(NC(=O)C3=Cc4ccccc4OC3)c2)c(=O)n(-c2ccccc2)n1C. The summed E-state index contributed by atoms with van der Waals surface area (Å²) >= 11 is 0. The van der Waals surface area contributed by atoms with Gasteiger partial charge in [0.2, 0.25) is 0 Å². The van der Waals surface area contributed by atoms with Crippen LogP contribution in [0.2, 0.25) is 0 Å². The Morgan fingerprint density at radius 1 is 0.889 bits per heavy atom. The molecule has 0 radical (unpaired) electrons. The molecule has 4 aromatic rings. The summed E-state index contributed by atoms with van der Waals surface area (Å²) in [5, 5.41) is 5.57. The van der Waals surface area contributed by atoms with Crippen LogP contribution in [0.4, 0.5) is 11.4 Å². The second-order valence-corrected chi connectivity index (χ2v) is 8.42. The second-order valence-electron chi connectivity index (χ2n) is 8.42. The number of nitrogens with one attached hydrogen (secondary N) is 2. The molecular formula is C28H24N4O4. The van der Waals surface area contributed by atoms with Crippen molar-refractivity contribution in [2.45, 2.75) is 6.92 Å². The minimum Gasteiger partial charge on any atom is -0.488 e. The largest absolute Gasteiger partial charge is 0.488 e. The molecule has 8 nitrogen and oxygen atoms in total. The summed E-state index contributed by atoms with van der Waals surface area (Å²) in [5.74, 6) is -0.0341. The van der Waals surface area contributed by atoms with E-state index in [1.54, 1.807) is 49.0 Å². The quantitative estimate of drug-likeness (QED) is 0.449. The maximum atomic E-state index is 13.1. The van der Waals surface area contributed by atoms with Crippen molar-refractivity contribution in [3.8, 4) is 11.4 Å². The van der Waals surface area contributed by atoms with Crippen molar-refractivity contribution >= 4 is 29.3 Å². The van der Waals surface area contributed by atoms with Gasteiger partial charge in [0.05, 0.1) is 17.0 Å². The summed E-state index contributed by atoms with van der Waals surface area (Å²) in [7, 11) is 1.76. The molecule has 5 rings (SSSR count). The van der Waals surface area contributed by atoms with E-state index in [2.05, 4.69) is 10.6 Å². The first-order valence-electron chi connectivity index (χ1n) is 11.4. The fourth-order valence-electron chi connectivity index (χ4n) is 4.09. The van der Waals surface area contributed by atoms with E-state index >= 15 is 0 Å².